The molecule has 78 valence electrons. The molecule has 0 saturated heterocycles. The lowest BCUT2D eigenvalue weighted by Gasteiger charge is -2.19. The second-order valence-electron chi connectivity index (χ2n) is 2.57. The van der Waals surface area contributed by atoms with Crippen LogP contribution in [0.5, 0.6) is 5.75 Å². The molecule has 6 heteroatoms. The van der Waals surface area contributed by atoms with Crippen LogP contribution >= 0.6 is 0 Å². The summed E-state index contributed by atoms with van der Waals surface area (Å²) in [7, 11) is 0. The average molecular weight is 206 g/mol. The van der Waals surface area contributed by atoms with Crippen LogP contribution in [0.25, 0.3) is 0 Å². The summed E-state index contributed by atoms with van der Waals surface area (Å²) in [5, 5.41) is 0. The molecular formula is C8H9F3N2O. The van der Waals surface area contributed by atoms with Gasteiger partial charge in [-0.05, 0) is 12.1 Å². The highest BCUT2D eigenvalue weighted by atomic mass is 19.4. The van der Waals surface area contributed by atoms with Crippen LogP contribution in [0.15, 0.2) is 24.5 Å². The van der Waals surface area contributed by atoms with Crippen molar-refractivity contribution in [3.8, 4) is 5.75 Å². The van der Waals surface area contributed by atoms with E-state index in [9.17, 15) is 13.2 Å². The molecule has 0 aromatic carbocycles. The molecule has 1 heterocycles. The lowest BCUT2D eigenvalue weighted by atomic mass is 10.3. The van der Waals surface area contributed by atoms with Crippen LogP contribution in [-0.2, 0) is 0 Å². The summed E-state index contributed by atoms with van der Waals surface area (Å²) in [6.45, 7) is -0.605. The van der Waals surface area contributed by atoms with Crippen molar-refractivity contribution in [3.63, 3.8) is 0 Å². The first-order valence-corrected chi connectivity index (χ1v) is 3.87. The minimum absolute atomic E-state index is 0.104. The maximum Gasteiger partial charge on any atom is 0.426 e. The molecule has 2 N–H and O–H groups in total. The number of nitrogens with two attached hydrogens (primary N) is 1. The molecule has 1 rings (SSSR count). The Labute approximate surface area is 78.7 Å². The fraction of sp³-hybridized carbons (Fsp3) is 0.375. The molecule has 3 nitrogen and oxygen atoms in total. The lowest BCUT2D eigenvalue weighted by Crippen LogP contribution is -2.40. The van der Waals surface area contributed by atoms with Crippen LogP contribution in [0.3, 0.4) is 0 Å². The summed E-state index contributed by atoms with van der Waals surface area (Å²) in [6, 6.07) is 2.68. The van der Waals surface area contributed by atoms with Gasteiger partial charge in [0.05, 0.1) is 0 Å². The van der Waals surface area contributed by atoms with Gasteiger partial charge in [0.2, 0.25) is 6.10 Å². The van der Waals surface area contributed by atoms with E-state index in [1.807, 2.05) is 0 Å². The van der Waals surface area contributed by atoms with Gasteiger partial charge in [0.25, 0.3) is 0 Å². The van der Waals surface area contributed by atoms with Gasteiger partial charge in [-0.15, -0.1) is 0 Å². The molecule has 1 unspecified atom stereocenters. The van der Waals surface area contributed by atoms with Crippen LogP contribution in [0.1, 0.15) is 0 Å². The Kier molecular flexibility index (Phi) is 3.29. The first-order chi connectivity index (χ1) is 6.54. The van der Waals surface area contributed by atoms with E-state index >= 15 is 0 Å². The van der Waals surface area contributed by atoms with E-state index in [2.05, 4.69) is 9.72 Å². The SMILES string of the molecule is NCC(Oc1ccncc1)C(F)(F)F. The molecule has 1 aromatic heterocycles. The number of rotatable bonds is 3. The zero-order chi connectivity index (χ0) is 10.6. The van der Waals surface area contributed by atoms with Crippen molar-refractivity contribution in [3.05, 3.63) is 24.5 Å². The summed E-state index contributed by atoms with van der Waals surface area (Å²) in [6.07, 6.45) is -3.72. The zero-order valence-electron chi connectivity index (χ0n) is 7.16. The van der Waals surface area contributed by atoms with Crippen molar-refractivity contribution < 1.29 is 17.9 Å². The standard InChI is InChI=1S/C8H9F3N2O/c9-8(10,11)7(5-12)14-6-1-3-13-4-2-6/h1-4,7H,5,12H2. The van der Waals surface area contributed by atoms with Crippen molar-refractivity contribution >= 4 is 0 Å². The Morgan fingerprint density at radius 2 is 1.93 bits per heavy atom. The number of aromatic nitrogens is 1. The summed E-state index contributed by atoms with van der Waals surface area (Å²) in [5.41, 5.74) is 4.95. The molecule has 0 aliphatic carbocycles. The first kappa shape index (κ1) is 10.8. The van der Waals surface area contributed by atoms with Gasteiger partial charge in [-0.3, -0.25) is 4.98 Å². The minimum atomic E-state index is -4.45. The first-order valence-electron chi connectivity index (χ1n) is 3.87. The fourth-order valence-corrected chi connectivity index (χ4v) is 0.830. The predicted octanol–water partition coefficient (Wildman–Crippen LogP) is 1.35. The Hall–Kier alpha value is -1.30. The number of alkyl halides is 3. The number of nitrogens with zero attached hydrogens (tertiary/aromatic N) is 1. The Morgan fingerprint density at radius 3 is 2.36 bits per heavy atom. The molecule has 0 radical (unpaired) electrons. The van der Waals surface area contributed by atoms with Crippen molar-refractivity contribution in [2.24, 2.45) is 5.73 Å². The average Bonchev–Trinajstić information content (AvgIpc) is 2.14. The van der Waals surface area contributed by atoms with Crippen molar-refractivity contribution in [2.45, 2.75) is 12.3 Å². The minimum Gasteiger partial charge on any atom is -0.479 e. The van der Waals surface area contributed by atoms with Gasteiger partial charge in [-0.25, -0.2) is 0 Å². The molecule has 0 saturated carbocycles. The molecule has 0 bridgehead atoms. The molecular weight excluding hydrogens is 197 g/mol. The van der Waals surface area contributed by atoms with E-state index in [-0.39, 0.29) is 5.75 Å². The Morgan fingerprint density at radius 1 is 1.36 bits per heavy atom. The lowest BCUT2D eigenvalue weighted by molar-refractivity contribution is -0.191. The van der Waals surface area contributed by atoms with E-state index < -0.39 is 18.8 Å². The Bertz CT molecular complexity index is 276. The second-order valence-corrected chi connectivity index (χ2v) is 2.57. The second kappa shape index (κ2) is 4.28. The largest absolute Gasteiger partial charge is 0.479 e. The van der Waals surface area contributed by atoms with Crippen molar-refractivity contribution in [1.29, 1.82) is 0 Å². The van der Waals surface area contributed by atoms with Crippen LogP contribution < -0.4 is 10.5 Å². The number of ether oxygens (including phenoxy) is 1. The van der Waals surface area contributed by atoms with Crippen LogP contribution in [-0.4, -0.2) is 23.8 Å². The van der Waals surface area contributed by atoms with Gasteiger partial charge in [-0.1, -0.05) is 0 Å². The molecule has 0 fully saturated rings. The Balaban J connectivity index is 2.67. The van der Waals surface area contributed by atoms with Gasteiger partial charge < -0.3 is 10.5 Å². The van der Waals surface area contributed by atoms with Gasteiger partial charge >= 0.3 is 6.18 Å². The smallest absolute Gasteiger partial charge is 0.426 e. The number of hydrogen-bond donors (Lipinski definition) is 1. The molecule has 0 amide bonds. The quantitative estimate of drug-likeness (QED) is 0.812. The molecule has 0 aliphatic heterocycles. The molecule has 1 atom stereocenters. The normalized spacial score (nSPS) is 13.7. The molecule has 0 spiro atoms. The van der Waals surface area contributed by atoms with Gasteiger partial charge in [-0.2, -0.15) is 13.2 Å². The third kappa shape index (κ3) is 2.88. The summed E-state index contributed by atoms with van der Waals surface area (Å²) >= 11 is 0. The highest BCUT2D eigenvalue weighted by Crippen LogP contribution is 2.23. The fourth-order valence-electron chi connectivity index (χ4n) is 0.830. The summed E-state index contributed by atoms with van der Waals surface area (Å²) < 4.78 is 41.2. The summed E-state index contributed by atoms with van der Waals surface area (Å²) in [4.78, 5) is 3.65. The van der Waals surface area contributed by atoms with Gasteiger partial charge in [0.15, 0.2) is 0 Å². The van der Waals surface area contributed by atoms with E-state index in [0.29, 0.717) is 0 Å². The topological polar surface area (TPSA) is 48.1 Å². The van der Waals surface area contributed by atoms with Crippen LogP contribution in [0.2, 0.25) is 0 Å². The summed E-state index contributed by atoms with van der Waals surface area (Å²) in [5.74, 6) is 0.104. The maximum atomic E-state index is 12.2. The van der Waals surface area contributed by atoms with E-state index in [4.69, 9.17) is 5.73 Å². The highest BCUT2D eigenvalue weighted by molar-refractivity contribution is 5.17. The molecule has 0 aliphatic rings. The van der Waals surface area contributed by atoms with Crippen molar-refractivity contribution in [1.82, 2.24) is 4.98 Å². The van der Waals surface area contributed by atoms with E-state index in [1.165, 1.54) is 24.5 Å². The van der Waals surface area contributed by atoms with Crippen LogP contribution in [0.4, 0.5) is 13.2 Å². The van der Waals surface area contributed by atoms with E-state index in [0.717, 1.165) is 0 Å². The molecule has 1 aromatic rings. The maximum absolute atomic E-state index is 12.2. The predicted molar refractivity (Wildman–Crippen MR) is 43.8 cm³/mol. The monoisotopic (exact) mass is 206 g/mol. The van der Waals surface area contributed by atoms with Crippen LogP contribution in [0, 0.1) is 0 Å². The van der Waals surface area contributed by atoms with Crippen molar-refractivity contribution in [2.75, 3.05) is 6.54 Å². The molecule has 14 heavy (non-hydrogen) atoms. The van der Waals surface area contributed by atoms with Gasteiger partial charge in [0, 0.05) is 18.9 Å². The number of hydrogen-bond acceptors (Lipinski definition) is 3. The third-order valence-corrected chi connectivity index (χ3v) is 1.51. The highest BCUT2D eigenvalue weighted by Gasteiger charge is 2.40. The van der Waals surface area contributed by atoms with Gasteiger partial charge in [0.1, 0.15) is 5.75 Å². The number of halogens is 3. The van der Waals surface area contributed by atoms with E-state index in [1.54, 1.807) is 0 Å². The zero-order valence-corrected chi connectivity index (χ0v) is 7.16. The third-order valence-electron chi connectivity index (χ3n) is 1.51. The number of pyridine rings is 1.